The van der Waals surface area contributed by atoms with Gasteiger partial charge in [0.2, 0.25) is 15.9 Å². The fraction of sp³-hybridized carbons (Fsp3) is 0.400. The Morgan fingerprint density at radius 1 is 1.24 bits per heavy atom. The molecule has 9 heteroatoms. The van der Waals surface area contributed by atoms with Crippen LogP contribution in [0.25, 0.3) is 0 Å². The lowest BCUT2D eigenvalue weighted by Crippen LogP contribution is -2.41. The number of aromatic nitrogens is 1. The van der Waals surface area contributed by atoms with Crippen LogP contribution in [0.3, 0.4) is 0 Å². The molecule has 1 aromatic carbocycles. The maximum absolute atomic E-state index is 13.6. The highest BCUT2D eigenvalue weighted by atomic mass is 32.2. The van der Waals surface area contributed by atoms with Crippen molar-refractivity contribution < 1.29 is 17.6 Å². The van der Waals surface area contributed by atoms with Gasteiger partial charge < -0.3 is 9.88 Å². The highest BCUT2D eigenvalue weighted by Crippen LogP contribution is 2.21. The van der Waals surface area contributed by atoms with Crippen molar-refractivity contribution in [2.45, 2.75) is 38.1 Å². The Bertz CT molecular complexity index is 1070. The number of nitrogens with zero attached hydrogens (tertiary/aromatic N) is 2. The molecule has 156 valence electrons. The monoisotopic (exact) mass is 421 g/mol. The average molecular weight is 421 g/mol. The molecule has 2 heterocycles. The SMILES string of the molecule is Cc1ccc(NC(=O)Cn2cccc(S(=O)(=O)N3CCC(C)CC3)c2=O)cc1F. The fourth-order valence-corrected chi connectivity index (χ4v) is 4.78. The molecule has 3 rings (SSSR count). The first-order chi connectivity index (χ1) is 13.7. The van der Waals surface area contributed by atoms with E-state index in [4.69, 9.17) is 0 Å². The van der Waals surface area contributed by atoms with Gasteiger partial charge in [0, 0.05) is 25.0 Å². The van der Waals surface area contributed by atoms with Crippen molar-refractivity contribution in [1.82, 2.24) is 8.87 Å². The summed E-state index contributed by atoms with van der Waals surface area (Å²) in [6, 6.07) is 6.97. The predicted molar refractivity (Wildman–Crippen MR) is 108 cm³/mol. The number of anilines is 1. The molecule has 0 atom stereocenters. The van der Waals surface area contributed by atoms with E-state index in [-0.39, 0.29) is 17.1 Å². The lowest BCUT2D eigenvalue weighted by Gasteiger charge is -2.29. The lowest BCUT2D eigenvalue weighted by molar-refractivity contribution is -0.116. The quantitative estimate of drug-likeness (QED) is 0.803. The topological polar surface area (TPSA) is 88.5 Å². The molecule has 0 radical (unpaired) electrons. The summed E-state index contributed by atoms with van der Waals surface area (Å²) in [7, 11) is -3.92. The first-order valence-corrected chi connectivity index (χ1v) is 10.9. The van der Waals surface area contributed by atoms with E-state index in [0.717, 1.165) is 17.4 Å². The number of carbonyl (C=O) groups excluding carboxylic acids is 1. The Morgan fingerprint density at radius 2 is 1.93 bits per heavy atom. The van der Waals surface area contributed by atoms with E-state index in [1.54, 1.807) is 13.0 Å². The van der Waals surface area contributed by atoms with Gasteiger partial charge >= 0.3 is 0 Å². The molecule has 2 aromatic rings. The van der Waals surface area contributed by atoms with Gasteiger partial charge in [0.1, 0.15) is 17.3 Å². The Kier molecular flexibility index (Phi) is 6.18. The molecule has 1 saturated heterocycles. The number of carbonyl (C=O) groups is 1. The van der Waals surface area contributed by atoms with Gasteiger partial charge in [-0.15, -0.1) is 0 Å². The Labute approximate surface area is 169 Å². The Morgan fingerprint density at radius 3 is 2.59 bits per heavy atom. The van der Waals surface area contributed by atoms with E-state index in [2.05, 4.69) is 12.2 Å². The van der Waals surface area contributed by atoms with Gasteiger partial charge in [-0.1, -0.05) is 13.0 Å². The van der Waals surface area contributed by atoms with Crippen LogP contribution in [0.4, 0.5) is 10.1 Å². The van der Waals surface area contributed by atoms with E-state index in [0.29, 0.717) is 24.6 Å². The number of sulfonamides is 1. The smallest absolute Gasteiger partial charge is 0.271 e. The number of rotatable bonds is 5. The third-order valence-corrected chi connectivity index (χ3v) is 7.03. The van der Waals surface area contributed by atoms with Crippen LogP contribution in [0.2, 0.25) is 0 Å². The van der Waals surface area contributed by atoms with Gasteiger partial charge in [0.25, 0.3) is 5.56 Å². The number of pyridine rings is 1. The number of aryl methyl sites for hydroxylation is 1. The van der Waals surface area contributed by atoms with Gasteiger partial charge in [0.15, 0.2) is 0 Å². The van der Waals surface area contributed by atoms with Crippen molar-refractivity contribution in [3.63, 3.8) is 0 Å². The highest BCUT2D eigenvalue weighted by Gasteiger charge is 2.30. The molecule has 0 bridgehead atoms. The van der Waals surface area contributed by atoms with Gasteiger partial charge in [-0.2, -0.15) is 4.31 Å². The van der Waals surface area contributed by atoms with E-state index in [1.807, 2.05) is 0 Å². The molecule has 0 aliphatic carbocycles. The molecule has 1 aliphatic rings. The summed E-state index contributed by atoms with van der Waals surface area (Å²) >= 11 is 0. The molecule has 0 unspecified atom stereocenters. The van der Waals surface area contributed by atoms with Crippen LogP contribution in [0.15, 0.2) is 46.2 Å². The molecule has 0 saturated carbocycles. The molecule has 29 heavy (non-hydrogen) atoms. The molecule has 7 nitrogen and oxygen atoms in total. The minimum atomic E-state index is -3.92. The zero-order valence-corrected chi connectivity index (χ0v) is 17.2. The van der Waals surface area contributed by atoms with Crippen molar-refractivity contribution >= 4 is 21.6 Å². The van der Waals surface area contributed by atoms with Crippen molar-refractivity contribution in [3.8, 4) is 0 Å². The number of halogens is 1. The minimum absolute atomic E-state index is 0.261. The molecule has 1 aliphatic heterocycles. The third-order valence-electron chi connectivity index (χ3n) is 5.12. The van der Waals surface area contributed by atoms with Crippen LogP contribution in [-0.2, 0) is 21.4 Å². The predicted octanol–water partition coefficient (Wildman–Crippen LogP) is 2.36. The molecule has 1 N–H and O–H groups in total. The van der Waals surface area contributed by atoms with Gasteiger partial charge in [-0.3, -0.25) is 9.59 Å². The third kappa shape index (κ3) is 4.73. The zero-order chi connectivity index (χ0) is 21.2. The van der Waals surface area contributed by atoms with Crippen molar-refractivity contribution in [1.29, 1.82) is 0 Å². The van der Waals surface area contributed by atoms with Crippen LogP contribution < -0.4 is 10.9 Å². The molecule has 0 spiro atoms. The van der Waals surface area contributed by atoms with Gasteiger partial charge in [-0.25, -0.2) is 12.8 Å². The molecular formula is C20H24FN3O4S. The van der Waals surface area contributed by atoms with E-state index in [1.165, 1.54) is 34.8 Å². The molecule has 1 amide bonds. The highest BCUT2D eigenvalue weighted by molar-refractivity contribution is 7.89. The first-order valence-electron chi connectivity index (χ1n) is 9.44. The molecule has 1 aromatic heterocycles. The van der Waals surface area contributed by atoms with Gasteiger partial charge in [-0.05, 0) is 55.5 Å². The van der Waals surface area contributed by atoms with E-state index < -0.39 is 27.3 Å². The second-order valence-corrected chi connectivity index (χ2v) is 9.31. The number of piperidine rings is 1. The second kappa shape index (κ2) is 8.46. The summed E-state index contributed by atoms with van der Waals surface area (Å²) in [5, 5.41) is 2.51. The van der Waals surface area contributed by atoms with Crippen LogP contribution in [0.1, 0.15) is 25.3 Å². The maximum Gasteiger partial charge on any atom is 0.271 e. The second-order valence-electron chi connectivity index (χ2n) is 7.40. The van der Waals surface area contributed by atoms with E-state index in [9.17, 15) is 22.4 Å². The zero-order valence-electron chi connectivity index (χ0n) is 16.4. The van der Waals surface area contributed by atoms with E-state index >= 15 is 0 Å². The van der Waals surface area contributed by atoms with Gasteiger partial charge in [0.05, 0.1) is 0 Å². The summed E-state index contributed by atoms with van der Waals surface area (Å²) in [5.41, 5.74) is -0.0436. The number of hydrogen-bond acceptors (Lipinski definition) is 4. The largest absolute Gasteiger partial charge is 0.324 e. The summed E-state index contributed by atoms with van der Waals surface area (Å²) in [6.07, 6.45) is 2.85. The lowest BCUT2D eigenvalue weighted by atomic mass is 10.0. The first kappa shape index (κ1) is 21.2. The van der Waals surface area contributed by atoms with Crippen molar-refractivity contribution in [2.75, 3.05) is 18.4 Å². The number of benzene rings is 1. The van der Waals surface area contributed by atoms with Crippen LogP contribution >= 0.6 is 0 Å². The molecular weight excluding hydrogens is 397 g/mol. The Hall–Kier alpha value is -2.52. The normalized spacial score (nSPS) is 16.0. The number of amides is 1. The summed E-state index contributed by atoms with van der Waals surface area (Å²) in [5.74, 6) is -0.565. The minimum Gasteiger partial charge on any atom is -0.324 e. The summed E-state index contributed by atoms with van der Waals surface area (Å²) in [6.45, 7) is 4.04. The molecule has 1 fully saturated rings. The standard InChI is InChI=1S/C20H24FN3O4S/c1-14-7-10-24(11-8-14)29(27,28)18-4-3-9-23(20(18)26)13-19(25)22-16-6-5-15(2)17(21)12-16/h3-6,9,12,14H,7-8,10-11,13H2,1-2H3,(H,22,25). The number of hydrogen-bond donors (Lipinski definition) is 1. The Balaban J connectivity index is 1.78. The maximum atomic E-state index is 13.6. The van der Waals surface area contributed by atoms with Crippen molar-refractivity contribution in [2.24, 2.45) is 5.92 Å². The van der Waals surface area contributed by atoms with Crippen LogP contribution in [-0.4, -0.2) is 36.3 Å². The summed E-state index contributed by atoms with van der Waals surface area (Å²) in [4.78, 5) is 24.7. The van der Waals surface area contributed by atoms with Crippen molar-refractivity contribution in [3.05, 3.63) is 58.3 Å². The summed E-state index contributed by atoms with van der Waals surface area (Å²) < 4.78 is 41.8. The fourth-order valence-electron chi connectivity index (χ4n) is 3.23. The average Bonchev–Trinajstić information content (AvgIpc) is 2.66. The number of nitrogens with one attached hydrogen (secondary N) is 1. The van der Waals surface area contributed by atoms with Crippen LogP contribution in [0, 0.1) is 18.7 Å². The van der Waals surface area contributed by atoms with Crippen LogP contribution in [0.5, 0.6) is 0 Å².